The zero-order chi connectivity index (χ0) is 17.9. The van der Waals surface area contributed by atoms with Gasteiger partial charge in [-0.3, -0.25) is 4.90 Å². The number of nitrogens with one attached hydrogen (secondary N) is 1. The van der Waals surface area contributed by atoms with Gasteiger partial charge in [0.1, 0.15) is 5.75 Å². The first-order valence-electron chi connectivity index (χ1n) is 9.23. The van der Waals surface area contributed by atoms with Gasteiger partial charge in [-0.05, 0) is 48.3 Å². The molecule has 0 radical (unpaired) electrons. The number of thioether (sulfide) groups is 1. The van der Waals surface area contributed by atoms with E-state index in [9.17, 15) is 0 Å². The second kappa shape index (κ2) is 8.00. The van der Waals surface area contributed by atoms with E-state index in [4.69, 9.17) is 9.73 Å². The number of aliphatic imine (C=N–C) groups is 1. The Morgan fingerprint density at radius 2 is 2.04 bits per heavy atom. The maximum Gasteiger partial charge on any atom is 0.159 e. The van der Waals surface area contributed by atoms with Crippen molar-refractivity contribution in [3.05, 3.63) is 29.8 Å². The topological polar surface area (TPSA) is 36.9 Å². The summed E-state index contributed by atoms with van der Waals surface area (Å²) in [6.07, 6.45) is 3.93. The highest BCUT2D eigenvalue weighted by atomic mass is 32.2. The largest absolute Gasteiger partial charge is 0.497 e. The molecule has 1 fully saturated rings. The molecule has 1 heterocycles. The quantitative estimate of drug-likeness (QED) is 0.866. The highest BCUT2D eigenvalue weighted by Gasteiger charge is 2.35. The molecule has 2 aliphatic rings. The van der Waals surface area contributed by atoms with Crippen LogP contribution in [0.4, 0.5) is 0 Å². The Labute approximate surface area is 156 Å². The van der Waals surface area contributed by atoms with E-state index in [1.54, 1.807) is 18.9 Å². The Bertz CT molecular complexity index is 599. The molecule has 0 saturated heterocycles. The van der Waals surface area contributed by atoms with Gasteiger partial charge in [0, 0.05) is 11.8 Å². The van der Waals surface area contributed by atoms with Crippen LogP contribution in [0, 0.1) is 11.3 Å². The van der Waals surface area contributed by atoms with Gasteiger partial charge in [-0.2, -0.15) is 0 Å². The van der Waals surface area contributed by atoms with Gasteiger partial charge in [-0.15, -0.1) is 0 Å². The van der Waals surface area contributed by atoms with Gasteiger partial charge in [0.15, 0.2) is 5.17 Å². The monoisotopic (exact) mass is 361 g/mol. The van der Waals surface area contributed by atoms with E-state index in [0.29, 0.717) is 11.5 Å². The number of ether oxygens (including phenoxy) is 1. The van der Waals surface area contributed by atoms with Crippen LogP contribution in [-0.4, -0.2) is 36.6 Å². The van der Waals surface area contributed by atoms with E-state index in [2.05, 4.69) is 43.1 Å². The van der Waals surface area contributed by atoms with Crippen molar-refractivity contribution < 1.29 is 4.74 Å². The third kappa shape index (κ3) is 5.14. The fourth-order valence-electron chi connectivity index (χ4n) is 4.22. The summed E-state index contributed by atoms with van der Waals surface area (Å²) < 4.78 is 5.21. The van der Waals surface area contributed by atoms with Crippen LogP contribution in [0.25, 0.3) is 0 Å². The molecule has 1 aromatic rings. The lowest BCUT2D eigenvalue weighted by molar-refractivity contribution is 0.0642. The molecule has 4 nitrogen and oxygen atoms in total. The Balaban J connectivity index is 1.50. The molecule has 1 saturated carbocycles. The van der Waals surface area contributed by atoms with Gasteiger partial charge in [0.25, 0.3) is 0 Å². The van der Waals surface area contributed by atoms with Gasteiger partial charge in [0.05, 0.1) is 20.4 Å². The lowest BCUT2D eigenvalue weighted by Crippen LogP contribution is -2.50. The van der Waals surface area contributed by atoms with E-state index in [-0.39, 0.29) is 0 Å². The van der Waals surface area contributed by atoms with Crippen molar-refractivity contribution in [2.75, 3.05) is 20.4 Å². The first-order valence-corrected chi connectivity index (χ1v) is 10.2. The van der Waals surface area contributed by atoms with Crippen LogP contribution in [0.3, 0.4) is 0 Å². The molecule has 1 aliphatic carbocycles. The second-order valence-corrected chi connectivity index (χ2v) is 9.20. The lowest BCUT2D eigenvalue weighted by Gasteiger charge is -2.44. The summed E-state index contributed by atoms with van der Waals surface area (Å²) in [7, 11) is 1.70. The summed E-state index contributed by atoms with van der Waals surface area (Å²) in [6.45, 7) is 8.96. The van der Waals surface area contributed by atoms with Crippen molar-refractivity contribution in [3.63, 3.8) is 0 Å². The summed E-state index contributed by atoms with van der Waals surface area (Å²) in [5.41, 5.74) is 1.75. The van der Waals surface area contributed by atoms with Gasteiger partial charge in [-0.25, -0.2) is 4.99 Å². The molecule has 0 spiro atoms. The summed E-state index contributed by atoms with van der Waals surface area (Å²) in [6, 6.07) is 8.92. The molecule has 0 amide bonds. The van der Waals surface area contributed by atoms with E-state index < -0.39 is 0 Å². The minimum Gasteiger partial charge on any atom is -0.497 e. The molecule has 0 unspecified atom stereocenters. The molecule has 2 atom stereocenters. The minimum absolute atomic E-state index is 0.454. The number of nitrogens with zero attached hydrogens (tertiary/aromatic N) is 2. The smallest absolute Gasteiger partial charge is 0.159 e. The highest BCUT2D eigenvalue weighted by molar-refractivity contribution is 8.13. The Hall–Kier alpha value is -1.20. The van der Waals surface area contributed by atoms with Gasteiger partial charge in [0.2, 0.25) is 0 Å². The van der Waals surface area contributed by atoms with Crippen LogP contribution in [-0.2, 0) is 5.75 Å². The molecule has 25 heavy (non-hydrogen) atoms. The fourth-order valence-corrected chi connectivity index (χ4v) is 5.03. The van der Waals surface area contributed by atoms with E-state index in [0.717, 1.165) is 35.9 Å². The van der Waals surface area contributed by atoms with E-state index in [1.807, 2.05) is 12.1 Å². The molecule has 0 bridgehead atoms. The SMILES string of the molecule is COc1ccc(CSC2=NCN([C@H]3C[C@H](C)CC(C)(C)C3)CN2)cc1. The lowest BCUT2D eigenvalue weighted by atomic mass is 9.70. The van der Waals surface area contributed by atoms with Crippen molar-refractivity contribution in [2.24, 2.45) is 16.3 Å². The number of methoxy groups -OCH3 is 1. The maximum absolute atomic E-state index is 5.21. The number of benzene rings is 1. The van der Waals surface area contributed by atoms with Crippen molar-refractivity contribution in [1.82, 2.24) is 10.2 Å². The van der Waals surface area contributed by atoms with Gasteiger partial charge in [-0.1, -0.05) is 44.7 Å². The maximum atomic E-state index is 5.21. The predicted octanol–water partition coefficient (Wildman–Crippen LogP) is 4.32. The Morgan fingerprint density at radius 3 is 2.64 bits per heavy atom. The summed E-state index contributed by atoms with van der Waals surface area (Å²) >= 11 is 1.78. The second-order valence-electron chi connectivity index (χ2n) is 8.23. The fraction of sp³-hybridized carbons (Fsp3) is 0.650. The average Bonchev–Trinajstić information content (AvgIpc) is 2.59. The zero-order valence-corrected chi connectivity index (χ0v) is 16.7. The average molecular weight is 362 g/mol. The number of hydrogen-bond acceptors (Lipinski definition) is 5. The Kier molecular flexibility index (Phi) is 5.95. The molecule has 0 aromatic heterocycles. The molecule has 1 aliphatic heterocycles. The molecule has 5 heteroatoms. The summed E-state index contributed by atoms with van der Waals surface area (Å²) in [5.74, 6) is 2.65. The predicted molar refractivity (Wildman–Crippen MR) is 107 cm³/mol. The van der Waals surface area contributed by atoms with Crippen LogP contribution in [0.15, 0.2) is 29.3 Å². The summed E-state index contributed by atoms with van der Waals surface area (Å²) in [4.78, 5) is 7.29. The third-order valence-corrected chi connectivity index (χ3v) is 6.27. The number of amidine groups is 1. The standard InChI is InChI=1S/C20H31N3OS/c1-15-9-17(11-20(2,3)10-15)23-13-21-19(22-14-23)25-12-16-5-7-18(24-4)8-6-16/h5-8,15,17H,9-14H2,1-4H3,(H,21,22)/t15-,17-/m0/s1. The normalized spacial score (nSPS) is 26.6. The van der Waals surface area contributed by atoms with E-state index >= 15 is 0 Å². The molecule has 1 aromatic carbocycles. The van der Waals surface area contributed by atoms with Crippen molar-refractivity contribution in [2.45, 2.75) is 51.8 Å². The van der Waals surface area contributed by atoms with E-state index in [1.165, 1.54) is 24.8 Å². The minimum atomic E-state index is 0.454. The third-order valence-electron chi connectivity index (χ3n) is 5.24. The van der Waals surface area contributed by atoms with Crippen LogP contribution in [0.2, 0.25) is 0 Å². The highest BCUT2D eigenvalue weighted by Crippen LogP contribution is 2.40. The van der Waals surface area contributed by atoms with Crippen molar-refractivity contribution in [3.8, 4) is 5.75 Å². The zero-order valence-electron chi connectivity index (χ0n) is 15.9. The van der Waals surface area contributed by atoms with Crippen LogP contribution < -0.4 is 10.1 Å². The van der Waals surface area contributed by atoms with Crippen molar-refractivity contribution >= 4 is 16.9 Å². The first kappa shape index (κ1) is 18.6. The molecule has 3 rings (SSSR count). The molecule has 138 valence electrons. The molecular weight excluding hydrogens is 330 g/mol. The van der Waals surface area contributed by atoms with Gasteiger partial charge >= 0.3 is 0 Å². The van der Waals surface area contributed by atoms with Crippen LogP contribution >= 0.6 is 11.8 Å². The van der Waals surface area contributed by atoms with Gasteiger partial charge < -0.3 is 10.1 Å². The van der Waals surface area contributed by atoms with Crippen LogP contribution in [0.5, 0.6) is 5.75 Å². The number of hydrogen-bond donors (Lipinski definition) is 1. The summed E-state index contributed by atoms with van der Waals surface area (Å²) in [5, 5.41) is 4.58. The number of rotatable bonds is 4. The van der Waals surface area contributed by atoms with Crippen molar-refractivity contribution in [1.29, 1.82) is 0 Å². The molecule has 1 N–H and O–H groups in total. The Morgan fingerprint density at radius 1 is 1.28 bits per heavy atom. The van der Waals surface area contributed by atoms with Crippen LogP contribution in [0.1, 0.15) is 45.6 Å². The molecular formula is C20H31N3OS. The first-order chi connectivity index (χ1) is 11.9.